The number of benzene rings is 2. The van der Waals surface area contributed by atoms with Gasteiger partial charge in [0.25, 0.3) is 0 Å². The van der Waals surface area contributed by atoms with Crippen LogP contribution in [0.2, 0.25) is 0 Å². The SMILES string of the molecule is CC(C)(C)C(=O)Oc1c(-c2ccccc2)c(CCc2ccccc2)n2ccccc12. The third kappa shape index (κ3) is 4.02. The Morgan fingerprint density at radius 2 is 1.47 bits per heavy atom. The monoisotopic (exact) mass is 397 g/mol. The lowest BCUT2D eigenvalue weighted by Gasteiger charge is -2.17. The van der Waals surface area contributed by atoms with Crippen LogP contribution < -0.4 is 4.74 Å². The Bertz CT molecular complexity index is 1150. The van der Waals surface area contributed by atoms with Gasteiger partial charge >= 0.3 is 5.97 Å². The fraction of sp³-hybridized carbons (Fsp3) is 0.222. The summed E-state index contributed by atoms with van der Waals surface area (Å²) in [7, 11) is 0. The van der Waals surface area contributed by atoms with Gasteiger partial charge in [-0.15, -0.1) is 0 Å². The standard InChI is InChI=1S/C27H27NO2/c1-27(2,3)26(29)30-25-23-16-10-11-19-28(23)22(18-17-20-12-6-4-7-13-20)24(25)21-14-8-5-9-15-21/h4-16,19H,17-18H2,1-3H3. The number of aryl methyl sites for hydroxylation is 2. The first kappa shape index (κ1) is 20.0. The number of aromatic nitrogens is 1. The minimum Gasteiger partial charge on any atom is -0.423 e. The molecular weight excluding hydrogens is 370 g/mol. The first-order valence-electron chi connectivity index (χ1n) is 10.4. The van der Waals surface area contributed by atoms with Crippen molar-refractivity contribution >= 4 is 11.5 Å². The van der Waals surface area contributed by atoms with Crippen molar-refractivity contribution in [3.63, 3.8) is 0 Å². The first-order chi connectivity index (χ1) is 14.4. The quantitative estimate of drug-likeness (QED) is 0.368. The smallest absolute Gasteiger partial charge is 0.316 e. The minimum absolute atomic E-state index is 0.231. The van der Waals surface area contributed by atoms with E-state index in [4.69, 9.17) is 4.74 Å². The summed E-state index contributed by atoms with van der Waals surface area (Å²) in [6.07, 6.45) is 3.80. The molecule has 4 aromatic rings. The predicted octanol–water partition coefficient (Wildman–Crippen LogP) is 6.34. The molecule has 2 heterocycles. The molecule has 0 saturated carbocycles. The molecule has 0 atom stereocenters. The Hall–Kier alpha value is -3.33. The summed E-state index contributed by atoms with van der Waals surface area (Å²) < 4.78 is 8.21. The van der Waals surface area contributed by atoms with E-state index in [1.807, 2.05) is 63.2 Å². The van der Waals surface area contributed by atoms with Gasteiger partial charge in [-0.05, 0) is 56.9 Å². The number of ether oxygens (including phenoxy) is 1. The fourth-order valence-electron chi connectivity index (χ4n) is 3.65. The molecule has 3 nitrogen and oxygen atoms in total. The van der Waals surface area contributed by atoms with Gasteiger partial charge in [0.05, 0.1) is 10.9 Å². The van der Waals surface area contributed by atoms with Crippen molar-refractivity contribution in [2.75, 3.05) is 0 Å². The molecule has 0 unspecified atom stereocenters. The second kappa shape index (κ2) is 8.19. The van der Waals surface area contributed by atoms with E-state index in [1.54, 1.807) is 0 Å². The van der Waals surface area contributed by atoms with E-state index >= 15 is 0 Å². The Morgan fingerprint density at radius 3 is 2.13 bits per heavy atom. The van der Waals surface area contributed by atoms with Crippen LogP contribution in [0.4, 0.5) is 0 Å². The lowest BCUT2D eigenvalue weighted by atomic mass is 9.97. The maximum atomic E-state index is 12.8. The molecule has 0 radical (unpaired) electrons. The fourth-order valence-corrected chi connectivity index (χ4v) is 3.65. The normalized spacial score (nSPS) is 11.6. The van der Waals surface area contributed by atoms with Crippen molar-refractivity contribution in [2.24, 2.45) is 5.41 Å². The molecular formula is C27H27NO2. The number of fused-ring (bicyclic) bond motifs is 1. The summed E-state index contributed by atoms with van der Waals surface area (Å²) in [6, 6.07) is 26.7. The van der Waals surface area contributed by atoms with Gasteiger partial charge in [-0.1, -0.05) is 66.7 Å². The van der Waals surface area contributed by atoms with Gasteiger partial charge in [-0.3, -0.25) is 4.79 Å². The number of hydrogen-bond donors (Lipinski definition) is 0. The molecule has 0 bridgehead atoms. The third-order valence-electron chi connectivity index (χ3n) is 5.26. The van der Waals surface area contributed by atoms with Gasteiger partial charge in [-0.25, -0.2) is 0 Å². The lowest BCUT2D eigenvalue weighted by molar-refractivity contribution is -0.142. The average Bonchev–Trinajstić information content (AvgIpc) is 3.06. The molecule has 0 amide bonds. The molecule has 4 rings (SSSR count). The van der Waals surface area contributed by atoms with Crippen LogP contribution in [-0.4, -0.2) is 10.4 Å². The van der Waals surface area contributed by atoms with Crippen LogP contribution in [0.1, 0.15) is 32.0 Å². The van der Waals surface area contributed by atoms with Crippen molar-refractivity contribution in [3.8, 4) is 16.9 Å². The molecule has 152 valence electrons. The van der Waals surface area contributed by atoms with Gasteiger partial charge in [0.2, 0.25) is 0 Å². The molecule has 0 spiro atoms. The van der Waals surface area contributed by atoms with Crippen molar-refractivity contribution in [1.82, 2.24) is 4.40 Å². The number of pyridine rings is 1. The van der Waals surface area contributed by atoms with Crippen LogP contribution >= 0.6 is 0 Å². The summed E-state index contributed by atoms with van der Waals surface area (Å²) in [4.78, 5) is 12.8. The molecule has 0 aliphatic carbocycles. The second-order valence-corrected chi connectivity index (χ2v) is 8.60. The first-order valence-corrected chi connectivity index (χ1v) is 10.4. The van der Waals surface area contributed by atoms with Crippen molar-refractivity contribution in [1.29, 1.82) is 0 Å². The van der Waals surface area contributed by atoms with E-state index in [9.17, 15) is 4.79 Å². The Morgan fingerprint density at radius 1 is 0.833 bits per heavy atom. The van der Waals surface area contributed by atoms with Crippen LogP contribution in [0.5, 0.6) is 5.75 Å². The van der Waals surface area contributed by atoms with E-state index in [1.165, 1.54) is 5.56 Å². The Kier molecular flexibility index (Phi) is 5.45. The van der Waals surface area contributed by atoms with Gasteiger partial charge in [0.15, 0.2) is 5.75 Å². The summed E-state index contributed by atoms with van der Waals surface area (Å²) in [5, 5.41) is 0. The van der Waals surface area contributed by atoms with Crippen LogP contribution in [-0.2, 0) is 17.6 Å². The molecule has 0 N–H and O–H groups in total. The third-order valence-corrected chi connectivity index (χ3v) is 5.26. The highest BCUT2D eigenvalue weighted by Crippen LogP contribution is 2.41. The summed E-state index contributed by atoms with van der Waals surface area (Å²) >= 11 is 0. The van der Waals surface area contributed by atoms with Crippen molar-refractivity contribution in [3.05, 3.63) is 96.3 Å². The van der Waals surface area contributed by atoms with Crippen molar-refractivity contribution < 1.29 is 9.53 Å². The second-order valence-electron chi connectivity index (χ2n) is 8.60. The van der Waals surface area contributed by atoms with Gasteiger partial charge in [0.1, 0.15) is 0 Å². The molecule has 30 heavy (non-hydrogen) atoms. The molecule has 0 aliphatic heterocycles. The van der Waals surface area contributed by atoms with E-state index in [0.717, 1.165) is 35.2 Å². The van der Waals surface area contributed by atoms with E-state index in [-0.39, 0.29) is 5.97 Å². The zero-order valence-electron chi connectivity index (χ0n) is 17.8. The van der Waals surface area contributed by atoms with Crippen LogP contribution in [0, 0.1) is 5.41 Å². The summed E-state index contributed by atoms with van der Waals surface area (Å²) in [5.74, 6) is 0.412. The molecule has 2 aromatic carbocycles. The number of hydrogen-bond acceptors (Lipinski definition) is 2. The Balaban J connectivity index is 1.87. The summed E-state index contributed by atoms with van der Waals surface area (Å²) in [6.45, 7) is 5.64. The minimum atomic E-state index is -0.582. The van der Waals surface area contributed by atoms with E-state index < -0.39 is 5.41 Å². The van der Waals surface area contributed by atoms with Gasteiger partial charge in [-0.2, -0.15) is 0 Å². The highest BCUT2D eigenvalue weighted by atomic mass is 16.5. The topological polar surface area (TPSA) is 30.7 Å². The maximum absolute atomic E-state index is 12.8. The molecule has 2 aromatic heterocycles. The number of nitrogens with zero attached hydrogens (tertiary/aromatic N) is 1. The van der Waals surface area contributed by atoms with Gasteiger partial charge in [0, 0.05) is 17.5 Å². The molecule has 0 saturated heterocycles. The number of carbonyl (C=O) groups is 1. The maximum Gasteiger partial charge on any atom is 0.316 e. The molecule has 0 aliphatic rings. The Labute approximate surface area is 177 Å². The molecule has 3 heteroatoms. The summed E-state index contributed by atoms with van der Waals surface area (Å²) in [5.41, 5.74) is 4.82. The zero-order valence-corrected chi connectivity index (χ0v) is 17.8. The zero-order chi connectivity index (χ0) is 21.1. The molecule has 0 fully saturated rings. The van der Waals surface area contributed by atoms with Crippen LogP contribution in [0.3, 0.4) is 0 Å². The van der Waals surface area contributed by atoms with Crippen molar-refractivity contribution in [2.45, 2.75) is 33.6 Å². The highest BCUT2D eigenvalue weighted by molar-refractivity contribution is 5.89. The number of rotatable bonds is 5. The number of esters is 1. The average molecular weight is 398 g/mol. The van der Waals surface area contributed by atoms with E-state index in [2.05, 4.69) is 47.0 Å². The van der Waals surface area contributed by atoms with E-state index in [0.29, 0.717) is 5.75 Å². The lowest BCUT2D eigenvalue weighted by Crippen LogP contribution is -2.25. The predicted molar refractivity (Wildman–Crippen MR) is 122 cm³/mol. The number of carbonyl (C=O) groups excluding carboxylic acids is 1. The highest BCUT2D eigenvalue weighted by Gasteiger charge is 2.28. The largest absolute Gasteiger partial charge is 0.423 e. The van der Waals surface area contributed by atoms with Gasteiger partial charge < -0.3 is 9.14 Å². The van der Waals surface area contributed by atoms with Crippen LogP contribution in [0.15, 0.2) is 85.1 Å². The van der Waals surface area contributed by atoms with Crippen LogP contribution in [0.25, 0.3) is 16.6 Å².